The number of nitrogens with one attached hydrogen (secondary N) is 1. The van der Waals surface area contributed by atoms with E-state index >= 15 is 0 Å². The van der Waals surface area contributed by atoms with Gasteiger partial charge in [0.2, 0.25) is 0 Å². The molecule has 0 saturated heterocycles. The monoisotopic (exact) mass is 310 g/mol. The van der Waals surface area contributed by atoms with E-state index in [0.717, 1.165) is 24.4 Å². The van der Waals surface area contributed by atoms with Gasteiger partial charge in [0.05, 0.1) is 11.7 Å². The molecular formula is C17H18N4S. The molecule has 0 aliphatic heterocycles. The zero-order valence-electron chi connectivity index (χ0n) is 12.4. The van der Waals surface area contributed by atoms with Crippen LogP contribution in [0.5, 0.6) is 0 Å². The molecule has 0 spiro atoms. The zero-order valence-corrected chi connectivity index (χ0v) is 13.3. The van der Waals surface area contributed by atoms with Gasteiger partial charge in [-0.3, -0.25) is 9.97 Å². The lowest BCUT2D eigenvalue weighted by Crippen LogP contribution is -2.24. The molecule has 1 unspecified atom stereocenters. The van der Waals surface area contributed by atoms with Crippen molar-refractivity contribution in [2.75, 3.05) is 0 Å². The Morgan fingerprint density at radius 2 is 1.91 bits per heavy atom. The van der Waals surface area contributed by atoms with Crippen LogP contribution >= 0.6 is 11.5 Å². The second kappa shape index (κ2) is 7.24. The first-order valence-corrected chi connectivity index (χ1v) is 8.04. The lowest BCUT2D eigenvalue weighted by molar-refractivity contribution is 0.516. The highest BCUT2D eigenvalue weighted by Crippen LogP contribution is 2.18. The van der Waals surface area contributed by atoms with Crippen molar-refractivity contribution in [3.05, 3.63) is 76.8 Å². The quantitative estimate of drug-likeness (QED) is 0.759. The van der Waals surface area contributed by atoms with Gasteiger partial charge in [0.15, 0.2) is 0 Å². The summed E-state index contributed by atoms with van der Waals surface area (Å²) in [7, 11) is 0. The van der Waals surface area contributed by atoms with Gasteiger partial charge in [0.25, 0.3) is 0 Å². The van der Waals surface area contributed by atoms with Crippen molar-refractivity contribution in [1.82, 2.24) is 19.7 Å². The van der Waals surface area contributed by atoms with Gasteiger partial charge in [0.1, 0.15) is 0 Å². The standard InChI is InChI=1S/C17H18N4S/c1-13-11-21-22-17(13)12-20-16(15-7-3-5-9-19-15)10-14-6-2-4-8-18-14/h2-9,11,16,20H,10,12H2,1H3. The number of hydrogen-bond donors (Lipinski definition) is 1. The van der Waals surface area contributed by atoms with Crippen molar-refractivity contribution >= 4 is 11.5 Å². The van der Waals surface area contributed by atoms with Crippen LogP contribution in [0.3, 0.4) is 0 Å². The molecular weight excluding hydrogens is 292 g/mol. The molecule has 3 rings (SSSR count). The van der Waals surface area contributed by atoms with Crippen LogP contribution in [0.2, 0.25) is 0 Å². The highest BCUT2D eigenvalue weighted by atomic mass is 32.1. The fourth-order valence-corrected chi connectivity index (χ4v) is 2.97. The van der Waals surface area contributed by atoms with Gasteiger partial charge < -0.3 is 5.32 Å². The summed E-state index contributed by atoms with van der Waals surface area (Å²) in [6.07, 6.45) is 6.39. The third kappa shape index (κ3) is 3.75. The van der Waals surface area contributed by atoms with Crippen molar-refractivity contribution in [2.45, 2.75) is 25.9 Å². The fourth-order valence-electron chi connectivity index (χ4n) is 2.29. The van der Waals surface area contributed by atoms with E-state index in [9.17, 15) is 0 Å². The van der Waals surface area contributed by atoms with Crippen molar-refractivity contribution in [1.29, 1.82) is 0 Å². The number of pyridine rings is 2. The van der Waals surface area contributed by atoms with E-state index in [1.807, 2.05) is 42.9 Å². The normalized spacial score (nSPS) is 12.2. The number of hydrogen-bond acceptors (Lipinski definition) is 5. The van der Waals surface area contributed by atoms with Crippen LogP contribution in [-0.4, -0.2) is 14.3 Å². The summed E-state index contributed by atoms with van der Waals surface area (Å²) in [6.45, 7) is 2.89. The molecule has 0 aromatic carbocycles. The van der Waals surface area contributed by atoms with Gasteiger partial charge >= 0.3 is 0 Å². The van der Waals surface area contributed by atoms with Gasteiger partial charge in [-0.2, -0.15) is 0 Å². The molecule has 3 aromatic rings. The molecule has 0 fully saturated rings. The van der Waals surface area contributed by atoms with Gasteiger partial charge in [-0.25, -0.2) is 4.37 Å². The fraction of sp³-hybridized carbons (Fsp3) is 0.235. The van der Waals surface area contributed by atoms with Crippen LogP contribution in [0.1, 0.15) is 27.9 Å². The Kier molecular flexibility index (Phi) is 4.88. The molecule has 0 radical (unpaired) electrons. The maximum absolute atomic E-state index is 4.50. The van der Waals surface area contributed by atoms with Crippen LogP contribution in [0.4, 0.5) is 0 Å². The SMILES string of the molecule is Cc1cnsc1CNC(Cc1ccccn1)c1ccccn1. The molecule has 0 bridgehead atoms. The lowest BCUT2D eigenvalue weighted by atomic mass is 10.1. The highest BCUT2D eigenvalue weighted by molar-refractivity contribution is 7.05. The van der Waals surface area contributed by atoms with Crippen LogP contribution in [0, 0.1) is 6.92 Å². The Morgan fingerprint density at radius 1 is 1.09 bits per heavy atom. The Hall–Kier alpha value is -2.11. The Bertz CT molecular complexity index is 697. The molecule has 3 heterocycles. The average Bonchev–Trinajstić information content (AvgIpc) is 2.98. The maximum atomic E-state index is 4.50. The second-order valence-electron chi connectivity index (χ2n) is 5.15. The van der Waals surface area contributed by atoms with Gasteiger partial charge in [-0.05, 0) is 48.3 Å². The number of rotatable bonds is 6. The average molecular weight is 310 g/mol. The number of nitrogens with zero attached hydrogens (tertiary/aromatic N) is 3. The predicted molar refractivity (Wildman–Crippen MR) is 88.6 cm³/mol. The Balaban J connectivity index is 1.76. The van der Waals surface area contributed by atoms with Crippen molar-refractivity contribution in [3.8, 4) is 0 Å². The van der Waals surface area contributed by atoms with E-state index < -0.39 is 0 Å². The summed E-state index contributed by atoms with van der Waals surface area (Å²) >= 11 is 1.54. The van der Waals surface area contributed by atoms with Crippen LogP contribution in [0.25, 0.3) is 0 Å². The molecule has 0 amide bonds. The number of aromatic nitrogens is 3. The first-order valence-electron chi connectivity index (χ1n) is 7.27. The third-order valence-electron chi connectivity index (χ3n) is 3.54. The Labute approximate surface area is 134 Å². The van der Waals surface area contributed by atoms with Crippen LogP contribution in [0.15, 0.2) is 55.0 Å². The zero-order chi connectivity index (χ0) is 15.2. The van der Waals surface area contributed by atoms with Crippen molar-refractivity contribution in [2.24, 2.45) is 0 Å². The molecule has 112 valence electrons. The summed E-state index contributed by atoms with van der Waals surface area (Å²) in [4.78, 5) is 10.2. The van der Waals surface area contributed by atoms with Gasteiger partial charge in [-0.1, -0.05) is 12.1 Å². The minimum atomic E-state index is 0.137. The van der Waals surface area contributed by atoms with Gasteiger partial charge in [-0.15, -0.1) is 0 Å². The second-order valence-corrected chi connectivity index (χ2v) is 6.03. The van der Waals surface area contributed by atoms with Crippen LogP contribution < -0.4 is 5.32 Å². The van der Waals surface area contributed by atoms with Crippen LogP contribution in [-0.2, 0) is 13.0 Å². The summed E-state index contributed by atoms with van der Waals surface area (Å²) < 4.78 is 4.23. The smallest absolute Gasteiger partial charge is 0.0577 e. The van der Waals surface area contributed by atoms with Crippen molar-refractivity contribution in [3.63, 3.8) is 0 Å². The van der Waals surface area contributed by atoms with E-state index in [0.29, 0.717) is 0 Å². The molecule has 1 N–H and O–H groups in total. The third-order valence-corrected chi connectivity index (χ3v) is 4.44. The summed E-state index contributed by atoms with van der Waals surface area (Å²) in [5.74, 6) is 0. The molecule has 5 heteroatoms. The topological polar surface area (TPSA) is 50.7 Å². The molecule has 1 atom stereocenters. The van der Waals surface area contributed by atoms with E-state index in [-0.39, 0.29) is 6.04 Å². The van der Waals surface area contributed by atoms with Gasteiger partial charge in [0, 0.05) is 42.1 Å². The predicted octanol–water partition coefficient (Wildman–Crippen LogP) is 3.32. The van der Waals surface area contributed by atoms with E-state index in [4.69, 9.17) is 0 Å². The number of aryl methyl sites for hydroxylation is 1. The molecule has 0 aliphatic rings. The molecule has 3 aromatic heterocycles. The molecule has 0 aliphatic carbocycles. The first-order chi connectivity index (χ1) is 10.8. The summed E-state index contributed by atoms with van der Waals surface area (Å²) in [5, 5.41) is 3.60. The van der Waals surface area contributed by atoms with Crippen molar-refractivity contribution < 1.29 is 0 Å². The lowest BCUT2D eigenvalue weighted by Gasteiger charge is -2.17. The summed E-state index contributed by atoms with van der Waals surface area (Å²) in [6, 6.07) is 12.2. The first kappa shape index (κ1) is 14.8. The maximum Gasteiger partial charge on any atom is 0.0577 e. The molecule has 22 heavy (non-hydrogen) atoms. The highest BCUT2D eigenvalue weighted by Gasteiger charge is 2.14. The molecule has 0 saturated carbocycles. The van der Waals surface area contributed by atoms with E-state index in [1.54, 1.807) is 11.5 Å². The Morgan fingerprint density at radius 3 is 2.55 bits per heavy atom. The molecule has 4 nitrogen and oxygen atoms in total. The minimum absolute atomic E-state index is 0.137. The van der Waals surface area contributed by atoms with E-state index in [2.05, 4.69) is 38.7 Å². The summed E-state index contributed by atoms with van der Waals surface area (Å²) in [5.41, 5.74) is 3.33. The largest absolute Gasteiger partial charge is 0.303 e. The minimum Gasteiger partial charge on any atom is -0.303 e. The van der Waals surface area contributed by atoms with E-state index in [1.165, 1.54) is 10.4 Å².